The van der Waals surface area contributed by atoms with E-state index in [2.05, 4.69) is 15.0 Å². The molecule has 0 aliphatic carbocycles. The van der Waals surface area contributed by atoms with Crippen LogP contribution in [0.15, 0.2) is 18.3 Å². The minimum Gasteiger partial charge on any atom is -0.471 e. The maximum atomic E-state index is 12.8. The highest BCUT2D eigenvalue weighted by molar-refractivity contribution is 5.94. The fraction of sp³-hybridized carbons (Fsp3) is 0.600. The third-order valence-electron chi connectivity index (χ3n) is 4.39. The Bertz CT molecular complexity index is 585. The number of rotatable bonds is 5. The Morgan fingerprint density at radius 2 is 2.00 bits per heavy atom. The molecule has 0 aromatic carbocycles. The molecule has 2 atom stereocenters. The largest absolute Gasteiger partial charge is 0.471 e. The molecule has 132 valence electrons. The van der Waals surface area contributed by atoms with Crippen LogP contribution in [0.1, 0.15) is 10.4 Å². The zero-order valence-electron chi connectivity index (χ0n) is 12.7. The summed E-state index contributed by atoms with van der Waals surface area (Å²) < 4.78 is 54.3. The molecule has 9 heteroatoms. The molecule has 1 amide bonds. The fourth-order valence-corrected chi connectivity index (χ4v) is 3.03. The van der Waals surface area contributed by atoms with E-state index in [0.717, 1.165) is 13.1 Å². The molecular formula is C15H17F4N3O2. The van der Waals surface area contributed by atoms with Crippen molar-refractivity contribution >= 4 is 5.91 Å². The zero-order chi connectivity index (χ0) is 17.3. The van der Waals surface area contributed by atoms with E-state index in [0.29, 0.717) is 30.5 Å². The first kappa shape index (κ1) is 16.9. The highest BCUT2D eigenvalue weighted by atomic mass is 19.3. The van der Waals surface area contributed by atoms with E-state index in [1.165, 1.54) is 18.3 Å². The zero-order valence-corrected chi connectivity index (χ0v) is 12.7. The average molecular weight is 347 g/mol. The lowest BCUT2D eigenvalue weighted by molar-refractivity contribution is -0.148. The lowest BCUT2D eigenvalue weighted by Gasteiger charge is -2.18. The molecule has 0 radical (unpaired) electrons. The van der Waals surface area contributed by atoms with Gasteiger partial charge in [-0.2, -0.15) is 8.78 Å². The number of aromatic nitrogens is 1. The van der Waals surface area contributed by atoms with Crippen LogP contribution in [-0.4, -0.2) is 60.9 Å². The number of ether oxygens (including phenoxy) is 1. The maximum Gasteiger partial charge on any atom is 0.340 e. The molecule has 2 fully saturated rings. The van der Waals surface area contributed by atoms with Gasteiger partial charge in [0, 0.05) is 38.4 Å². The molecule has 3 heterocycles. The third kappa shape index (κ3) is 3.45. The molecule has 24 heavy (non-hydrogen) atoms. The van der Waals surface area contributed by atoms with Crippen molar-refractivity contribution in [3.63, 3.8) is 0 Å². The van der Waals surface area contributed by atoms with Crippen molar-refractivity contribution < 1.29 is 27.1 Å². The highest BCUT2D eigenvalue weighted by Crippen LogP contribution is 2.28. The Labute approximate surface area is 136 Å². The monoisotopic (exact) mass is 347 g/mol. The van der Waals surface area contributed by atoms with Crippen LogP contribution in [0.25, 0.3) is 0 Å². The number of hydrogen-bond donors (Lipinski definition) is 1. The van der Waals surface area contributed by atoms with E-state index in [1.54, 1.807) is 4.90 Å². The molecule has 0 saturated carbocycles. The summed E-state index contributed by atoms with van der Waals surface area (Å²) in [5.41, 5.74) is 0.316. The minimum atomic E-state index is -4.24. The van der Waals surface area contributed by atoms with Gasteiger partial charge in [-0.1, -0.05) is 0 Å². The van der Waals surface area contributed by atoms with E-state index >= 15 is 0 Å². The summed E-state index contributed by atoms with van der Waals surface area (Å²) in [6.07, 6.45) is -2.59. The number of pyridine rings is 1. The Morgan fingerprint density at radius 1 is 1.33 bits per heavy atom. The van der Waals surface area contributed by atoms with Crippen LogP contribution in [0.3, 0.4) is 0 Å². The lowest BCUT2D eigenvalue weighted by atomic mass is 10.0. The van der Waals surface area contributed by atoms with Gasteiger partial charge in [0.1, 0.15) is 0 Å². The van der Waals surface area contributed by atoms with Gasteiger partial charge in [-0.05, 0) is 17.9 Å². The van der Waals surface area contributed by atoms with E-state index in [1.807, 2.05) is 0 Å². The standard InChI is InChI=1S/C15H17F4N3O2/c16-14(17)15(18,19)8-24-12-2-1-9(5-21-12)13(23)22-6-10-3-20-4-11(10)7-22/h1-2,5,10-11,14,20H,3-4,6-8H2/t10-,11+. The number of nitrogens with one attached hydrogen (secondary N) is 1. The summed E-state index contributed by atoms with van der Waals surface area (Å²) in [5.74, 6) is -3.73. The second-order valence-electron chi connectivity index (χ2n) is 6.12. The van der Waals surface area contributed by atoms with Crippen molar-refractivity contribution in [1.82, 2.24) is 15.2 Å². The molecule has 0 bridgehead atoms. The Kier molecular flexibility index (Phi) is 4.62. The first-order valence-corrected chi connectivity index (χ1v) is 7.61. The number of carbonyl (C=O) groups excluding carboxylic acids is 1. The van der Waals surface area contributed by atoms with Crippen molar-refractivity contribution in [1.29, 1.82) is 0 Å². The van der Waals surface area contributed by atoms with Crippen LogP contribution in [0.5, 0.6) is 5.88 Å². The molecule has 1 aromatic rings. The van der Waals surface area contributed by atoms with Crippen molar-refractivity contribution in [2.45, 2.75) is 12.3 Å². The molecule has 0 unspecified atom stereocenters. The maximum absolute atomic E-state index is 12.8. The van der Waals surface area contributed by atoms with Gasteiger partial charge in [-0.3, -0.25) is 4.79 Å². The number of amides is 1. The highest BCUT2D eigenvalue weighted by Gasteiger charge is 2.42. The summed E-state index contributed by atoms with van der Waals surface area (Å²) in [4.78, 5) is 17.9. The van der Waals surface area contributed by atoms with Crippen LogP contribution < -0.4 is 10.1 Å². The summed E-state index contributed by atoms with van der Waals surface area (Å²) in [5, 5.41) is 3.28. The Balaban J connectivity index is 1.57. The minimum absolute atomic E-state index is 0.179. The van der Waals surface area contributed by atoms with Crippen LogP contribution >= 0.6 is 0 Å². The molecule has 2 aliphatic rings. The second kappa shape index (κ2) is 6.54. The van der Waals surface area contributed by atoms with Gasteiger partial charge in [0.2, 0.25) is 5.88 Å². The normalized spacial score (nSPS) is 23.6. The second-order valence-corrected chi connectivity index (χ2v) is 6.12. The van der Waals surface area contributed by atoms with E-state index in [-0.39, 0.29) is 11.8 Å². The topological polar surface area (TPSA) is 54.5 Å². The molecule has 2 aliphatic heterocycles. The molecule has 1 aromatic heterocycles. The summed E-state index contributed by atoms with van der Waals surface area (Å²) in [6.45, 7) is 1.69. The van der Waals surface area contributed by atoms with Crippen molar-refractivity contribution in [2.24, 2.45) is 11.8 Å². The average Bonchev–Trinajstić information content (AvgIpc) is 3.14. The van der Waals surface area contributed by atoms with Gasteiger partial charge in [0.15, 0.2) is 6.61 Å². The van der Waals surface area contributed by atoms with Gasteiger partial charge in [-0.15, -0.1) is 0 Å². The van der Waals surface area contributed by atoms with Crippen molar-refractivity contribution in [3.8, 4) is 5.88 Å². The van der Waals surface area contributed by atoms with E-state index in [9.17, 15) is 22.4 Å². The Hall–Kier alpha value is -1.90. The SMILES string of the molecule is O=C(c1ccc(OCC(F)(F)C(F)F)nc1)N1C[C@H]2CNC[C@H]2C1. The van der Waals surface area contributed by atoms with Crippen LogP contribution in [0, 0.1) is 11.8 Å². The van der Waals surface area contributed by atoms with Gasteiger partial charge in [0.05, 0.1) is 5.56 Å². The van der Waals surface area contributed by atoms with Crippen LogP contribution in [0.2, 0.25) is 0 Å². The summed E-state index contributed by atoms with van der Waals surface area (Å²) in [7, 11) is 0. The first-order valence-electron chi connectivity index (χ1n) is 7.61. The number of hydrogen-bond acceptors (Lipinski definition) is 4. The molecule has 2 saturated heterocycles. The smallest absolute Gasteiger partial charge is 0.340 e. The molecular weight excluding hydrogens is 330 g/mol. The first-order chi connectivity index (χ1) is 11.4. The number of nitrogens with zero attached hydrogens (tertiary/aromatic N) is 2. The fourth-order valence-electron chi connectivity index (χ4n) is 3.03. The predicted octanol–water partition coefficient (Wildman–Crippen LogP) is 1.65. The van der Waals surface area contributed by atoms with Gasteiger partial charge < -0.3 is 15.0 Å². The number of likely N-dealkylation sites (tertiary alicyclic amines) is 1. The van der Waals surface area contributed by atoms with E-state index < -0.39 is 19.0 Å². The number of carbonyl (C=O) groups is 1. The van der Waals surface area contributed by atoms with Gasteiger partial charge in [-0.25, -0.2) is 13.8 Å². The third-order valence-corrected chi connectivity index (χ3v) is 4.39. The molecule has 1 N–H and O–H groups in total. The van der Waals surface area contributed by atoms with Gasteiger partial charge >= 0.3 is 12.3 Å². The Morgan fingerprint density at radius 3 is 2.54 bits per heavy atom. The quantitative estimate of drug-likeness (QED) is 0.823. The van der Waals surface area contributed by atoms with Crippen molar-refractivity contribution in [2.75, 3.05) is 32.8 Å². The summed E-state index contributed by atoms with van der Waals surface area (Å²) >= 11 is 0. The predicted molar refractivity (Wildman–Crippen MR) is 76.4 cm³/mol. The number of alkyl halides is 4. The lowest BCUT2D eigenvalue weighted by Crippen LogP contribution is -2.34. The van der Waals surface area contributed by atoms with Crippen molar-refractivity contribution in [3.05, 3.63) is 23.9 Å². The molecule has 0 spiro atoms. The molecule has 5 nitrogen and oxygen atoms in total. The number of fused-ring (bicyclic) bond motifs is 1. The number of halogens is 4. The summed E-state index contributed by atoms with van der Waals surface area (Å²) in [6, 6.07) is 2.63. The van der Waals surface area contributed by atoms with Crippen LogP contribution in [-0.2, 0) is 0 Å². The van der Waals surface area contributed by atoms with Crippen LogP contribution in [0.4, 0.5) is 17.6 Å². The van der Waals surface area contributed by atoms with E-state index in [4.69, 9.17) is 0 Å². The van der Waals surface area contributed by atoms with Gasteiger partial charge in [0.25, 0.3) is 5.91 Å². The molecule has 3 rings (SSSR count).